The van der Waals surface area contributed by atoms with E-state index in [2.05, 4.69) is 221 Å². The number of aromatic nitrogens is 3. The molecule has 0 N–H and O–H groups in total. The topological polar surface area (TPSA) is 43.9 Å². The molecular weight excluding hydrogens is 1100 g/mol. The van der Waals surface area contributed by atoms with E-state index in [0.717, 1.165) is 66.9 Å². The van der Waals surface area contributed by atoms with Gasteiger partial charge >= 0.3 is 0 Å². The first-order chi connectivity index (χ1) is 35.9. The van der Waals surface area contributed by atoms with E-state index in [0.29, 0.717) is 0 Å². The summed E-state index contributed by atoms with van der Waals surface area (Å²) in [6, 6.07) is 58.8. The molecule has 76 heavy (non-hydrogen) atoms. The van der Waals surface area contributed by atoms with Crippen molar-refractivity contribution in [3.8, 4) is 39.5 Å². The second-order valence-electron chi connectivity index (χ2n) is 24.6. The average Bonchev–Trinajstić information content (AvgIpc) is 4.14. The molecule has 1 radical (unpaired) electrons. The second-order valence-corrected chi connectivity index (χ2v) is 24.6. The van der Waals surface area contributed by atoms with Crippen LogP contribution < -0.4 is 0 Å². The Labute approximate surface area is 466 Å². The first-order valence-electron chi connectivity index (χ1n) is 27.4. The number of hydrogen-bond donors (Lipinski definition) is 0. The average molecular weight is 1180 g/mol. The van der Waals surface area contributed by atoms with E-state index >= 15 is 0 Å². The van der Waals surface area contributed by atoms with Crippen molar-refractivity contribution in [3.63, 3.8) is 0 Å². The predicted octanol–water partition coefficient (Wildman–Crippen LogP) is 20.2. The van der Waals surface area contributed by atoms with Gasteiger partial charge in [0.25, 0.3) is 0 Å². The number of hydrogen-bond acceptors (Lipinski definition) is 3. The quantitative estimate of drug-likeness (QED) is 0.118. The van der Waals surface area contributed by atoms with Crippen molar-refractivity contribution >= 4 is 54.5 Å². The van der Waals surface area contributed by atoms with Gasteiger partial charge in [0.15, 0.2) is 0 Å². The molecule has 0 amide bonds. The monoisotopic (exact) mass is 1180 g/mol. The number of nitrogens with zero attached hydrogens (tertiary/aromatic N) is 3. The zero-order valence-electron chi connectivity index (χ0n) is 48.2. The number of fused-ring (bicyclic) bond motifs is 7. The van der Waals surface area contributed by atoms with Gasteiger partial charge in [-0.25, -0.2) is 0 Å². The maximum Gasteiger partial charge on any atom is 0.121 e. The Morgan fingerprint density at radius 2 is 1.18 bits per heavy atom. The van der Waals surface area contributed by atoms with E-state index in [1.807, 2.05) is 56.4 Å². The smallest absolute Gasteiger partial charge is 0.121 e. The summed E-state index contributed by atoms with van der Waals surface area (Å²) >= 11 is 0. The van der Waals surface area contributed by atoms with Crippen LogP contribution in [-0.2, 0) is 36.4 Å². The molecule has 0 unspecified atom stereocenters. The zero-order chi connectivity index (χ0) is 54.2. The van der Waals surface area contributed by atoms with Gasteiger partial charge in [0.05, 0.1) is 22.4 Å². The third-order valence-corrected chi connectivity index (χ3v) is 15.0. The van der Waals surface area contributed by atoms with Crippen molar-refractivity contribution in [2.24, 2.45) is 0 Å². The van der Waals surface area contributed by atoms with Crippen LogP contribution in [0.3, 0.4) is 0 Å². The van der Waals surface area contributed by atoms with Crippen LogP contribution >= 0.6 is 0 Å². The van der Waals surface area contributed by atoms with Crippen LogP contribution in [0.1, 0.15) is 156 Å². The van der Waals surface area contributed by atoms with Crippen molar-refractivity contribution in [2.75, 3.05) is 0 Å². The van der Waals surface area contributed by atoms with Crippen LogP contribution in [0.15, 0.2) is 156 Å². The van der Waals surface area contributed by atoms with Gasteiger partial charge in [-0.2, -0.15) is 0 Å². The molecule has 4 nitrogen and oxygen atoms in total. The van der Waals surface area contributed by atoms with Gasteiger partial charge in [0, 0.05) is 38.7 Å². The first kappa shape index (κ1) is 52.8. The Hall–Kier alpha value is -6.65. The van der Waals surface area contributed by atoms with Crippen LogP contribution in [0.25, 0.3) is 94.0 Å². The van der Waals surface area contributed by atoms with Gasteiger partial charge in [0.1, 0.15) is 5.58 Å². The fourth-order valence-corrected chi connectivity index (χ4v) is 10.6. The Kier molecular flexibility index (Phi) is 14.4. The van der Waals surface area contributed by atoms with Gasteiger partial charge in [0.2, 0.25) is 0 Å². The molecule has 8 aromatic carbocycles. The minimum absolute atomic E-state index is 0. The summed E-state index contributed by atoms with van der Waals surface area (Å²) in [6.45, 7) is 33.6. The van der Waals surface area contributed by atoms with Crippen molar-refractivity contribution in [1.82, 2.24) is 14.5 Å². The number of furan rings is 1. The van der Waals surface area contributed by atoms with Gasteiger partial charge in [-0.15, -0.1) is 54.1 Å². The van der Waals surface area contributed by atoms with E-state index < -0.39 is 5.89 Å². The van der Waals surface area contributed by atoms with Crippen molar-refractivity contribution in [1.29, 1.82) is 0 Å². The molecule has 0 atom stereocenters. The van der Waals surface area contributed by atoms with E-state index in [9.17, 15) is 1.37 Å². The molecule has 0 aliphatic heterocycles. The minimum atomic E-state index is -0.890. The maximum absolute atomic E-state index is 9.46. The molecule has 3 heterocycles. The number of rotatable bonds is 7. The molecule has 0 bridgehead atoms. The molecule has 0 saturated carbocycles. The molecule has 389 valence electrons. The molecule has 0 saturated heterocycles. The van der Waals surface area contributed by atoms with Crippen LogP contribution in [0.5, 0.6) is 0 Å². The normalized spacial score (nSPS) is 12.7. The summed E-state index contributed by atoms with van der Waals surface area (Å²) < 4.78 is 18.8. The van der Waals surface area contributed by atoms with E-state index in [1.165, 1.54) is 60.5 Å². The molecule has 0 aliphatic rings. The van der Waals surface area contributed by atoms with Crippen LogP contribution in [0.2, 0.25) is 0 Å². The van der Waals surface area contributed by atoms with Crippen molar-refractivity contribution in [2.45, 2.75) is 138 Å². The maximum atomic E-state index is 9.46. The van der Waals surface area contributed by atoms with E-state index in [4.69, 9.17) is 9.40 Å². The number of pyridine rings is 1. The molecule has 0 fully saturated rings. The summed E-state index contributed by atoms with van der Waals surface area (Å²) in [5.41, 5.74) is 17.4. The molecule has 5 heteroatoms. The fourth-order valence-electron chi connectivity index (χ4n) is 10.6. The van der Waals surface area contributed by atoms with Crippen LogP contribution in [0.4, 0.5) is 0 Å². The van der Waals surface area contributed by atoms with Gasteiger partial charge in [-0.3, -0.25) is 4.98 Å². The minimum Gasteiger partial charge on any atom is -0.501 e. The van der Waals surface area contributed by atoms with Gasteiger partial charge in [-0.1, -0.05) is 188 Å². The Bertz CT molecular complexity index is 3920. The summed E-state index contributed by atoms with van der Waals surface area (Å²) in [7, 11) is 0. The molecule has 11 rings (SSSR count). The Morgan fingerprint density at radius 3 is 1.82 bits per heavy atom. The molecule has 0 spiro atoms. The van der Waals surface area contributed by atoms with E-state index in [1.54, 1.807) is 0 Å². The van der Waals surface area contributed by atoms with Crippen molar-refractivity contribution in [3.05, 3.63) is 197 Å². The largest absolute Gasteiger partial charge is 0.501 e. The fraction of sp³-hybridized carbons (Fsp3) is 0.296. The van der Waals surface area contributed by atoms with Crippen LogP contribution in [-0.4, -0.2) is 14.5 Å². The molecule has 3 aromatic heterocycles. The standard InChI is InChI=1S/C56H57N2O.C15H16N.Ir/c1-32(2)41-19-16-22-49-52(41)58(51-45(33(3)4)28-38(29-46(51)34(5)6)37-25-39(55(7,8)9)30-40(26-37)56(10,11)12)54(57-49)44-21-15-20-43-48-27-36-24-23-35-17-13-14-18-42(35)47(36)31-50(48)59-53(43)44;1-15(2,3)13-9-10-16-14(11-13)12-7-5-4-6-8-12;/h13-20,22-34H,1-12H3;4-7,9-11H,1-3H3;/q2*-1;/i32D;;. The van der Waals surface area contributed by atoms with E-state index in [-0.39, 0.29) is 48.2 Å². The SMILES string of the molecule is CC(C)(C)c1ccnc(-c2[c-]cccc2)c1.[2H]C(C)(C)c1cccc2nc(-c3[c-]ccc4c3oc3cc5c(ccc6ccccc65)cc34)n(-c3c(C(C)C)cc(-c4cc(C(C)(C)C)cc(C(C)(C)C)c4)cc3C(C)C)c12.[Ir]. The summed E-state index contributed by atoms with van der Waals surface area (Å²) in [5, 5.41) is 6.87. The van der Waals surface area contributed by atoms with Gasteiger partial charge < -0.3 is 14.0 Å². The van der Waals surface area contributed by atoms with Crippen molar-refractivity contribution < 1.29 is 25.9 Å². The van der Waals surface area contributed by atoms with Gasteiger partial charge in [-0.05, 0) is 142 Å². The Balaban J connectivity index is 0.000000364. The summed E-state index contributed by atoms with van der Waals surface area (Å²) in [5.74, 6) is 0.238. The number of benzene rings is 8. The second kappa shape index (κ2) is 20.7. The first-order valence-corrected chi connectivity index (χ1v) is 26.9. The summed E-state index contributed by atoms with van der Waals surface area (Å²) in [6.07, 6.45) is 1.87. The zero-order valence-corrected chi connectivity index (χ0v) is 49.6. The van der Waals surface area contributed by atoms with Crippen LogP contribution in [0, 0.1) is 12.1 Å². The predicted molar refractivity (Wildman–Crippen MR) is 320 cm³/mol. The summed E-state index contributed by atoms with van der Waals surface area (Å²) in [4.78, 5) is 9.89. The Morgan fingerprint density at radius 1 is 0.539 bits per heavy atom. The third kappa shape index (κ3) is 10.3. The molecular formula is C71H73IrN3O-2. The molecule has 11 aromatic rings. The number of imidazole rings is 1. The third-order valence-electron chi connectivity index (χ3n) is 15.0. The number of para-hydroxylation sites is 1. The molecule has 0 aliphatic carbocycles.